The van der Waals surface area contributed by atoms with E-state index in [4.69, 9.17) is 5.11 Å². The quantitative estimate of drug-likeness (QED) is 0.620. The fourth-order valence-corrected chi connectivity index (χ4v) is 1.36. The Morgan fingerprint density at radius 2 is 2.11 bits per heavy atom. The van der Waals surface area contributed by atoms with E-state index in [2.05, 4.69) is 9.72 Å². The van der Waals surface area contributed by atoms with E-state index in [0.717, 1.165) is 0 Å². The standard InChI is InChI=1S/C11H13NO6/c1-18-11(17)7-4-6(2-3-12-7)10(16)8(13)5-9(14)15/h2-4,8,10,13,16H,5H2,1H3,(H,14,15). The average molecular weight is 255 g/mol. The van der Waals surface area contributed by atoms with Gasteiger partial charge in [0.05, 0.1) is 19.6 Å². The summed E-state index contributed by atoms with van der Waals surface area (Å²) in [7, 11) is 1.19. The molecule has 0 radical (unpaired) electrons. The number of rotatable bonds is 5. The van der Waals surface area contributed by atoms with Crippen molar-refractivity contribution in [1.82, 2.24) is 4.98 Å². The Morgan fingerprint density at radius 3 is 2.67 bits per heavy atom. The number of hydrogen-bond donors (Lipinski definition) is 3. The molecule has 18 heavy (non-hydrogen) atoms. The second-order valence-electron chi connectivity index (χ2n) is 3.58. The van der Waals surface area contributed by atoms with Crippen molar-refractivity contribution in [2.45, 2.75) is 18.6 Å². The molecule has 0 saturated heterocycles. The van der Waals surface area contributed by atoms with Gasteiger partial charge in [0.15, 0.2) is 0 Å². The molecule has 1 aromatic rings. The van der Waals surface area contributed by atoms with Crippen LogP contribution in [0.25, 0.3) is 0 Å². The van der Waals surface area contributed by atoms with E-state index in [1.54, 1.807) is 0 Å². The van der Waals surface area contributed by atoms with Crippen LogP contribution in [-0.4, -0.2) is 45.5 Å². The molecule has 0 aliphatic heterocycles. The molecule has 1 rings (SSSR count). The third-order valence-corrected chi connectivity index (χ3v) is 2.27. The number of carboxylic acid groups (broad SMARTS) is 1. The number of carboxylic acids is 1. The van der Waals surface area contributed by atoms with Gasteiger partial charge in [-0.3, -0.25) is 4.79 Å². The summed E-state index contributed by atoms with van der Waals surface area (Å²) in [4.78, 5) is 25.4. The Hall–Kier alpha value is -1.99. The zero-order chi connectivity index (χ0) is 13.7. The number of hydrogen-bond acceptors (Lipinski definition) is 6. The first-order valence-corrected chi connectivity index (χ1v) is 5.08. The van der Waals surface area contributed by atoms with E-state index < -0.39 is 30.6 Å². The molecule has 2 unspecified atom stereocenters. The van der Waals surface area contributed by atoms with Gasteiger partial charge in [-0.1, -0.05) is 0 Å². The smallest absolute Gasteiger partial charge is 0.356 e. The highest BCUT2D eigenvalue weighted by atomic mass is 16.5. The lowest BCUT2D eigenvalue weighted by atomic mass is 10.0. The highest BCUT2D eigenvalue weighted by Crippen LogP contribution is 2.19. The lowest BCUT2D eigenvalue weighted by Crippen LogP contribution is -2.22. The van der Waals surface area contributed by atoms with Gasteiger partial charge in [-0.2, -0.15) is 0 Å². The molecule has 7 heteroatoms. The molecule has 2 atom stereocenters. The molecular formula is C11H13NO6. The topological polar surface area (TPSA) is 117 Å². The molecule has 3 N–H and O–H groups in total. The molecule has 7 nitrogen and oxygen atoms in total. The van der Waals surface area contributed by atoms with Gasteiger partial charge < -0.3 is 20.1 Å². The SMILES string of the molecule is COC(=O)c1cc(C(O)C(O)CC(=O)O)ccn1. The number of esters is 1. The molecule has 1 aromatic heterocycles. The third kappa shape index (κ3) is 3.51. The van der Waals surface area contributed by atoms with Gasteiger partial charge in [-0.05, 0) is 17.7 Å². The number of aliphatic hydroxyl groups is 2. The fourth-order valence-electron chi connectivity index (χ4n) is 1.36. The van der Waals surface area contributed by atoms with Crippen LogP contribution in [0.2, 0.25) is 0 Å². The largest absolute Gasteiger partial charge is 0.481 e. The number of ether oxygens (including phenoxy) is 1. The van der Waals surface area contributed by atoms with Crippen molar-refractivity contribution in [2.24, 2.45) is 0 Å². The summed E-state index contributed by atoms with van der Waals surface area (Å²) in [5.41, 5.74) is 0.163. The number of methoxy groups -OCH3 is 1. The molecule has 0 aromatic carbocycles. The number of aromatic nitrogens is 1. The summed E-state index contributed by atoms with van der Waals surface area (Å²) in [6, 6.07) is 2.61. The molecule has 1 heterocycles. The average Bonchev–Trinajstić information content (AvgIpc) is 2.36. The van der Waals surface area contributed by atoms with Crippen LogP contribution in [0.5, 0.6) is 0 Å². The van der Waals surface area contributed by atoms with Gasteiger partial charge in [0.1, 0.15) is 11.8 Å². The van der Waals surface area contributed by atoms with Crippen LogP contribution in [-0.2, 0) is 9.53 Å². The van der Waals surface area contributed by atoms with E-state index in [9.17, 15) is 19.8 Å². The maximum Gasteiger partial charge on any atom is 0.356 e. The minimum absolute atomic E-state index is 0.0309. The number of aliphatic carboxylic acids is 1. The van der Waals surface area contributed by atoms with Gasteiger partial charge in [-0.15, -0.1) is 0 Å². The normalized spacial score (nSPS) is 13.7. The lowest BCUT2D eigenvalue weighted by Gasteiger charge is -2.16. The molecule has 0 amide bonds. The van der Waals surface area contributed by atoms with Crippen LogP contribution in [0.4, 0.5) is 0 Å². The predicted molar refractivity (Wildman–Crippen MR) is 58.8 cm³/mol. The third-order valence-electron chi connectivity index (χ3n) is 2.27. The van der Waals surface area contributed by atoms with Crippen molar-refractivity contribution < 1.29 is 29.6 Å². The summed E-state index contributed by atoms with van der Waals surface area (Å²) in [5, 5.41) is 27.7. The first-order valence-electron chi connectivity index (χ1n) is 5.08. The minimum atomic E-state index is -1.46. The van der Waals surface area contributed by atoms with Crippen LogP contribution < -0.4 is 0 Å². The zero-order valence-electron chi connectivity index (χ0n) is 9.61. The van der Waals surface area contributed by atoms with Crippen LogP contribution in [0.3, 0.4) is 0 Å². The molecule has 0 saturated carbocycles. The van der Waals surface area contributed by atoms with Gasteiger partial charge in [-0.25, -0.2) is 9.78 Å². The van der Waals surface area contributed by atoms with E-state index in [1.807, 2.05) is 0 Å². The summed E-state index contributed by atoms with van der Waals surface area (Å²) in [6.07, 6.45) is -2.21. The highest BCUT2D eigenvalue weighted by Gasteiger charge is 2.22. The Bertz CT molecular complexity index is 447. The van der Waals surface area contributed by atoms with Gasteiger partial charge in [0, 0.05) is 6.20 Å². The Morgan fingerprint density at radius 1 is 1.44 bits per heavy atom. The maximum absolute atomic E-state index is 11.2. The summed E-state index contributed by atoms with van der Waals surface area (Å²) in [5.74, 6) is -1.92. The Labute approximate surface area is 103 Å². The number of nitrogens with zero attached hydrogens (tertiary/aromatic N) is 1. The lowest BCUT2D eigenvalue weighted by molar-refractivity contribution is -0.141. The van der Waals surface area contributed by atoms with Crippen molar-refractivity contribution in [3.8, 4) is 0 Å². The van der Waals surface area contributed by atoms with Crippen LogP contribution in [0, 0.1) is 0 Å². The van der Waals surface area contributed by atoms with Crippen molar-refractivity contribution in [3.05, 3.63) is 29.6 Å². The molecule has 0 spiro atoms. The van der Waals surface area contributed by atoms with E-state index in [0.29, 0.717) is 0 Å². The van der Waals surface area contributed by atoms with Crippen LogP contribution in [0.15, 0.2) is 18.3 Å². The second kappa shape index (κ2) is 6.08. The Balaban J connectivity index is 2.89. The number of carbonyl (C=O) groups is 2. The van der Waals surface area contributed by atoms with Crippen molar-refractivity contribution in [2.75, 3.05) is 7.11 Å². The van der Waals surface area contributed by atoms with Crippen molar-refractivity contribution in [3.63, 3.8) is 0 Å². The number of pyridine rings is 1. The molecule has 0 aliphatic rings. The first-order chi connectivity index (χ1) is 8.45. The number of carbonyl (C=O) groups excluding carboxylic acids is 1. The second-order valence-corrected chi connectivity index (χ2v) is 3.58. The zero-order valence-corrected chi connectivity index (χ0v) is 9.61. The summed E-state index contributed by atoms with van der Waals surface area (Å²) in [6.45, 7) is 0. The molecule has 0 fully saturated rings. The fraction of sp³-hybridized carbons (Fsp3) is 0.364. The van der Waals surface area contributed by atoms with E-state index in [1.165, 1.54) is 25.4 Å². The van der Waals surface area contributed by atoms with E-state index in [-0.39, 0.29) is 11.3 Å². The predicted octanol–water partition coefficient (Wildman–Crippen LogP) is -0.263. The van der Waals surface area contributed by atoms with Crippen molar-refractivity contribution in [1.29, 1.82) is 0 Å². The number of aliphatic hydroxyl groups excluding tert-OH is 2. The van der Waals surface area contributed by atoms with Crippen LogP contribution >= 0.6 is 0 Å². The summed E-state index contributed by atoms with van der Waals surface area (Å²) >= 11 is 0. The molecule has 98 valence electrons. The molecular weight excluding hydrogens is 242 g/mol. The molecule has 0 aliphatic carbocycles. The summed E-state index contributed by atoms with van der Waals surface area (Å²) < 4.78 is 4.46. The van der Waals surface area contributed by atoms with Gasteiger partial charge in [0.25, 0.3) is 0 Å². The van der Waals surface area contributed by atoms with Crippen molar-refractivity contribution >= 4 is 11.9 Å². The monoisotopic (exact) mass is 255 g/mol. The first kappa shape index (κ1) is 14.1. The van der Waals surface area contributed by atoms with Gasteiger partial charge in [0.2, 0.25) is 0 Å². The van der Waals surface area contributed by atoms with Crippen LogP contribution in [0.1, 0.15) is 28.6 Å². The molecule has 0 bridgehead atoms. The van der Waals surface area contributed by atoms with Gasteiger partial charge >= 0.3 is 11.9 Å². The van der Waals surface area contributed by atoms with E-state index >= 15 is 0 Å². The minimum Gasteiger partial charge on any atom is -0.481 e. The highest BCUT2D eigenvalue weighted by molar-refractivity contribution is 5.87. The maximum atomic E-state index is 11.2. The Kier molecular flexibility index (Phi) is 4.75.